The highest BCUT2D eigenvalue weighted by atomic mass is 16.2. The van der Waals surface area contributed by atoms with Gasteiger partial charge in [-0.05, 0) is 66.3 Å². The zero-order valence-electron chi connectivity index (χ0n) is 19.9. The van der Waals surface area contributed by atoms with E-state index in [1.807, 2.05) is 11.0 Å². The number of para-hydroxylation sites is 2. The third-order valence-corrected chi connectivity index (χ3v) is 6.96. The summed E-state index contributed by atoms with van der Waals surface area (Å²) < 4.78 is 2.31. The van der Waals surface area contributed by atoms with Crippen LogP contribution in [0.3, 0.4) is 0 Å². The lowest BCUT2D eigenvalue weighted by molar-refractivity contribution is -0.117. The summed E-state index contributed by atoms with van der Waals surface area (Å²) in [5.74, 6) is 1.76. The molecule has 1 amide bonds. The van der Waals surface area contributed by atoms with Crippen LogP contribution in [-0.4, -0.2) is 22.0 Å². The first-order valence-electron chi connectivity index (χ1n) is 11.8. The molecule has 3 aromatic carbocycles. The minimum atomic E-state index is 0.0708. The fraction of sp³-hybridized carbons (Fsp3) is 0.310. The molecule has 0 bridgehead atoms. The largest absolute Gasteiger partial charge is 0.323 e. The number of anilines is 1. The van der Waals surface area contributed by atoms with Gasteiger partial charge in [-0.25, -0.2) is 4.98 Å². The number of benzene rings is 3. The van der Waals surface area contributed by atoms with Crippen LogP contribution >= 0.6 is 0 Å². The molecule has 0 aliphatic carbocycles. The first-order valence-corrected chi connectivity index (χ1v) is 11.8. The van der Waals surface area contributed by atoms with E-state index in [0.29, 0.717) is 18.9 Å². The van der Waals surface area contributed by atoms with Gasteiger partial charge in [0.1, 0.15) is 5.82 Å². The highest BCUT2D eigenvalue weighted by Gasteiger charge is 2.35. The SMILES string of the molecule is Cc1ccc(N2CC(c3nc4ccccc4n3Cc3ccc(C(C)C)cc3)CC2=O)cc1C. The van der Waals surface area contributed by atoms with Crippen molar-refractivity contribution >= 4 is 22.6 Å². The van der Waals surface area contributed by atoms with E-state index in [9.17, 15) is 4.79 Å². The number of nitrogens with zero attached hydrogens (tertiary/aromatic N) is 3. The first-order chi connectivity index (χ1) is 15.9. The van der Waals surface area contributed by atoms with E-state index in [0.717, 1.165) is 29.1 Å². The minimum absolute atomic E-state index is 0.0708. The van der Waals surface area contributed by atoms with Crippen LogP contribution in [0.1, 0.15) is 60.2 Å². The highest BCUT2D eigenvalue weighted by Crippen LogP contribution is 2.34. The number of fused-ring (bicyclic) bond motifs is 1. The van der Waals surface area contributed by atoms with Crippen molar-refractivity contribution in [1.29, 1.82) is 0 Å². The molecule has 0 saturated carbocycles. The molecule has 1 aliphatic heterocycles. The van der Waals surface area contributed by atoms with Crippen molar-refractivity contribution < 1.29 is 4.79 Å². The van der Waals surface area contributed by atoms with Gasteiger partial charge < -0.3 is 9.47 Å². The normalized spacial score (nSPS) is 16.3. The molecule has 4 nitrogen and oxygen atoms in total. The van der Waals surface area contributed by atoms with Gasteiger partial charge in [-0.2, -0.15) is 0 Å². The van der Waals surface area contributed by atoms with Crippen LogP contribution in [0.5, 0.6) is 0 Å². The van der Waals surface area contributed by atoms with Crippen LogP contribution in [0.15, 0.2) is 66.7 Å². The number of rotatable bonds is 5. The van der Waals surface area contributed by atoms with Crippen LogP contribution in [0.2, 0.25) is 0 Å². The molecule has 1 saturated heterocycles. The van der Waals surface area contributed by atoms with Crippen molar-refractivity contribution in [3.05, 3.63) is 94.8 Å². The standard InChI is InChI=1S/C29H31N3O/c1-19(2)23-12-10-22(11-13-23)17-32-27-8-6-5-7-26(27)30-29(32)24-16-28(33)31(18-24)25-14-9-20(3)21(4)15-25/h5-15,19,24H,16-18H2,1-4H3. The Balaban J connectivity index is 1.49. The van der Waals surface area contributed by atoms with Crippen molar-refractivity contribution in [1.82, 2.24) is 9.55 Å². The van der Waals surface area contributed by atoms with Gasteiger partial charge in [0.05, 0.1) is 11.0 Å². The molecule has 1 aliphatic rings. The summed E-state index contributed by atoms with van der Waals surface area (Å²) in [5, 5.41) is 0. The van der Waals surface area contributed by atoms with Crippen molar-refractivity contribution in [2.45, 2.75) is 52.5 Å². The molecule has 33 heavy (non-hydrogen) atoms. The number of carbonyl (C=O) groups excluding carboxylic acids is 1. The lowest BCUT2D eigenvalue weighted by Gasteiger charge is -2.19. The topological polar surface area (TPSA) is 38.1 Å². The zero-order valence-corrected chi connectivity index (χ0v) is 19.9. The van der Waals surface area contributed by atoms with Gasteiger partial charge in [0, 0.05) is 31.1 Å². The molecule has 1 unspecified atom stereocenters. The predicted octanol–water partition coefficient (Wildman–Crippen LogP) is 6.35. The maximum atomic E-state index is 13.0. The summed E-state index contributed by atoms with van der Waals surface area (Å²) in [6.45, 7) is 10.0. The predicted molar refractivity (Wildman–Crippen MR) is 135 cm³/mol. The Morgan fingerprint density at radius 3 is 2.45 bits per heavy atom. The Morgan fingerprint density at radius 2 is 1.73 bits per heavy atom. The number of aromatic nitrogens is 2. The fourth-order valence-electron chi connectivity index (χ4n) is 4.79. The molecule has 2 heterocycles. The Hall–Kier alpha value is -3.40. The number of carbonyl (C=O) groups is 1. The number of hydrogen-bond donors (Lipinski definition) is 0. The van der Waals surface area contributed by atoms with Gasteiger partial charge in [-0.3, -0.25) is 4.79 Å². The van der Waals surface area contributed by atoms with Gasteiger partial charge in [0.15, 0.2) is 0 Å². The summed E-state index contributed by atoms with van der Waals surface area (Å²) >= 11 is 0. The molecule has 1 atom stereocenters. The van der Waals surface area contributed by atoms with Gasteiger partial charge >= 0.3 is 0 Å². The summed E-state index contributed by atoms with van der Waals surface area (Å²) in [7, 11) is 0. The van der Waals surface area contributed by atoms with Crippen molar-refractivity contribution in [3.8, 4) is 0 Å². The average Bonchev–Trinajstić information content (AvgIpc) is 3.37. The van der Waals surface area contributed by atoms with Gasteiger partial charge in [-0.1, -0.05) is 56.3 Å². The Kier molecular flexibility index (Phi) is 5.53. The van der Waals surface area contributed by atoms with E-state index in [-0.39, 0.29) is 11.8 Å². The van der Waals surface area contributed by atoms with Gasteiger partial charge in [-0.15, -0.1) is 0 Å². The van der Waals surface area contributed by atoms with Crippen molar-refractivity contribution in [3.63, 3.8) is 0 Å². The maximum Gasteiger partial charge on any atom is 0.227 e. The number of hydrogen-bond acceptors (Lipinski definition) is 2. The second-order valence-corrected chi connectivity index (χ2v) is 9.62. The van der Waals surface area contributed by atoms with E-state index < -0.39 is 0 Å². The average molecular weight is 438 g/mol. The molecular weight excluding hydrogens is 406 g/mol. The van der Waals surface area contributed by atoms with E-state index in [1.54, 1.807) is 0 Å². The summed E-state index contributed by atoms with van der Waals surface area (Å²) in [6, 6.07) is 23.4. The maximum absolute atomic E-state index is 13.0. The smallest absolute Gasteiger partial charge is 0.227 e. The molecule has 5 rings (SSSR count). The van der Waals surface area contributed by atoms with E-state index in [2.05, 4.69) is 92.9 Å². The fourth-order valence-corrected chi connectivity index (χ4v) is 4.79. The van der Waals surface area contributed by atoms with E-state index in [4.69, 9.17) is 4.98 Å². The first kappa shape index (κ1) is 21.4. The van der Waals surface area contributed by atoms with E-state index in [1.165, 1.54) is 22.3 Å². The molecule has 4 aromatic rings. The lowest BCUT2D eigenvalue weighted by atomic mass is 10.0. The second kappa shape index (κ2) is 8.51. The van der Waals surface area contributed by atoms with Crippen molar-refractivity contribution in [2.75, 3.05) is 11.4 Å². The van der Waals surface area contributed by atoms with Crippen LogP contribution < -0.4 is 4.90 Å². The van der Waals surface area contributed by atoms with Crippen molar-refractivity contribution in [2.24, 2.45) is 0 Å². The Morgan fingerprint density at radius 1 is 0.970 bits per heavy atom. The van der Waals surface area contributed by atoms with Crippen LogP contribution in [0.25, 0.3) is 11.0 Å². The third kappa shape index (κ3) is 4.06. The summed E-state index contributed by atoms with van der Waals surface area (Å²) in [4.78, 5) is 20.0. The lowest BCUT2D eigenvalue weighted by Crippen LogP contribution is -2.24. The molecule has 4 heteroatoms. The number of aryl methyl sites for hydroxylation is 2. The van der Waals surface area contributed by atoms with E-state index >= 15 is 0 Å². The van der Waals surface area contributed by atoms with Gasteiger partial charge in [0.25, 0.3) is 0 Å². The summed E-state index contributed by atoms with van der Waals surface area (Å²) in [5.41, 5.74) is 8.14. The van der Waals surface area contributed by atoms with Crippen LogP contribution in [0.4, 0.5) is 5.69 Å². The Bertz CT molecular complexity index is 1320. The van der Waals surface area contributed by atoms with Crippen LogP contribution in [0, 0.1) is 13.8 Å². The molecule has 168 valence electrons. The molecular formula is C29H31N3O. The van der Waals surface area contributed by atoms with Crippen LogP contribution in [-0.2, 0) is 11.3 Å². The number of imidazole rings is 1. The Labute approximate surface area is 195 Å². The second-order valence-electron chi connectivity index (χ2n) is 9.62. The molecule has 0 radical (unpaired) electrons. The third-order valence-electron chi connectivity index (χ3n) is 6.96. The number of amides is 1. The molecule has 0 spiro atoms. The van der Waals surface area contributed by atoms with Gasteiger partial charge in [0.2, 0.25) is 5.91 Å². The molecule has 0 N–H and O–H groups in total. The quantitative estimate of drug-likeness (QED) is 0.365. The monoisotopic (exact) mass is 437 g/mol. The molecule has 1 fully saturated rings. The summed E-state index contributed by atoms with van der Waals surface area (Å²) in [6.07, 6.45) is 0.489. The highest BCUT2D eigenvalue weighted by molar-refractivity contribution is 5.96. The zero-order chi connectivity index (χ0) is 23.1. The molecule has 1 aromatic heterocycles. The minimum Gasteiger partial charge on any atom is -0.323 e.